The summed E-state index contributed by atoms with van der Waals surface area (Å²) in [7, 11) is -3.63. The van der Waals surface area contributed by atoms with Gasteiger partial charge in [-0.2, -0.15) is 8.42 Å². The molecule has 1 aliphatic rings. The van der Waals surface area contributed by atoms with Crippen molar-refractivity contribution in [3.8, 4) is 0 Å². The third kappa shape index (κ3) is 3.51. The number of hydrogen-bond donors (Lipinski definition) is 1. The number of hydrogen-bond acceptors (Lipinski definition) is 4. The zero-order valence-electron chi connectivity index (χ0n) is 9.23. The average molecular weight is 320 g/mol. The molecule has 1 saturated heterocycles. The highest BCUT2D eigenvalue weighted by atomic mass is 79.9. The van der Waals surface area contributed by atoms with Gasteiger partial charge in [-0.1, -0.05) is 15.9 Å². The van der Waals surface area contributed by atoms with Crippen LogP contribution in [-0.2, 0) is 14.3 Å². The van der Waals surface area contributed by atoms with E-state index in [9.17, 15) is 8.42 Å². The molecular formula is C11H14BrNO3S. The Morgan fingerprint density at radius 3 is 2.35 bits per heavy atom. The van der Waals surface area contributed by atoms with Crippen molar-refractivity contribution in [2.45, 2.75) is 23.8 Å². The van der Waals surface area contributed by atoms with Gasteiger partial charge in [0.1, 0.15) is 0 Å². The standard InChI is InChI=1S/C11H14BrNO3S/c12-9-1-3-11(4-2-9)17(14,15)16-10-5-7-13-8-6-10/h1-4,10,13H,5-8H2. The topological polar surface area (TPSA) is 55.4 Å². The third-order valence-electron chi connectivity index (χ3n) is 2.65. The average Bonchev–Trinajstić information content (AvgIpc) is 2.30. The van der Waals surface area contributed by atoms with E-state index in [2.05, 4.69) is 21.2 Å². The minimum absolute atomic E-state index is 0.204. The highest BCUT2D eigenvalue weighted by Gasteiger charge is 2.23. The van der Waals surface area contributed by atoms with E-state index in [1.54, 1.807) is 24.3 Å². The number of rotatable bonds is 3. The van der Waals surface area contributed by atoms with E-state index < -0.39 is 10.1 Å². The van der Waals surface area contributed by atoms with Crippen LogP contribution in [0.15, 0.2) is 33.6 Å². The van der Waals surface area contributed by atoms with E-state index in [4.69, 9.17) is 4.18 Å². The lowest BCUT2D eigenvalue weighted by atomic mass is 10.1. The zero-order valence-corrected chi connectivity index (χ0v) is 11.6. The Hall–Kier alpha value is -0.430. The molecule has 0 saturated carbocycles. The van der Waals surface area contributed by atoms with Crippen molar-refractivity contribution in [3.05, 3.63) is 28.7 Å². The summed E-state index contributed by atoms with van der Waals surface area (Å²) in [6.07, 6.45) is 1.26. The van der Waals surface area contributed by atoms with Gasteiger partial charge >= 0.3 is 0 Å². The predicted molar refractivity (Wildman–Crippen MR) is 68.3 cm³/mol. The zero-order chi connectivity index (χ0) is 12.3. The fraction of sp³-hybridized carbons (Fsp3) is 0.455. The van der Waals surface area contributed by atoms with Gasteiger partial charge in [0.2, 0.25) is 0 Å². The minimum atomic E-state index is -3.63. The van der Waals surface area contributed by atoms with Crippen molar-refractivity contribution in [2.24, 2.45) is 0 Å². The summed E-state index contributed by atoms with van der Waals surface area (Å²) in [5.41, 5.74) is 0. The molecule has 0 aliphatic carbocycles. The van der Waals surface area contributed by atoms with Crippen LogP contribution in [0, 0.1) is 0 Å². The van der Waals surface area contributed by atoms with Crippen molar-refractivity contribution >= 4 is 26.0 Å². The fourth-order valence-electron chi connectivity index (χ4n) is 1.73. The van der Waals surface area contributed by atoms with Crippen LogP contribution in [0.3, 0.4) is 0 Å². The first-order chi connectivity index (χ1) is 8.08. The molecule has 1 fully saturated rings. The lowest BCUT2D eigenvalue weighted by molar-refractivity contribution is 0.170. The number of nitrogens with one attached hydrogen (secondary N) is 1. The molecule has 17 heavy (non-hydrogen) atoms. The highest BCUT2D eigenvalue weighted by molar-refractivity contribution is 9.10. The largest absolute Gasteiger partial charge is 0.317 e. The van der Waals surface area contributed by atoms with E-state index in [-0.39, 0.29) is 11.0 Å². The molecule has 0 bridgehead atoms. The van der Waals surface area contributed by atoms with Crippen molar-refractivity contribution in [2.75, 3.05) is 13.1 Å². The first-order valence-electron chi connectivity index (χ1n) is 5.47. The van der Waals surface area contributed by atoms with Crippen molar-refractivity contribution in [3.63, 3.8) is 0 Å². The lowest BCUT2D eigenvalue weighted by Crippen LogP contribution is -2.33. The Labute approximate surface area is 110 Å². The summed E-state index contributed by atoms with van der Waals surface area (Å²) >= 11 is 3.27. The molecule has 1 aromatic rings. The molecule has 0 radical (unpaired) electrons. The highest BCUT2D eigenvalue weighted by Crippen LogP contribution is 2.20. The van der Waals surface area contributed by atoms with Crippen LogP contribution in [0.4, 0.5) is 0 Å². The van der Waals surface area contributed by atoms with Gasteiger partial charge in [-0.15, -0.1) is 0 Å². The maximum Gasteiger partial charge on any atom is 0.297 e. The van der Waals surface area contributed by atoms with Crippen LogP contribution in [0.25, 0.3) is 0 Å². The van der Waals surface area contributed by atoms with Crippen LogP contribution in [0.2, 0.25) is 0 Å². The van der Waals surface area contributed by atoms with E-state index in [1.807, 2.05) is 0 Å². The Morgan fingerprint density at radius 1 is 1.18 bits per heavy atom. The number of halogens is 1. The van der Waals surface area contributed by atoms with Crippen LogP contribution < -0.4 is 5.32 Å². The molecule has 2 rings (SSSR count). The van der Waals surface area contributed by atoms with Crippen LogP contribution in [0.5, 0.6) is 0 Å². The molecule has 1 heterocycles. The first-order valence-corrected chi connectivity index (χ1v) is 7.68. The second kappa shape index (κ2) is 5.48. The molecule has 1 N–H and O–H groups in total. The van der Waals surface area contributed by atoms with E-state index in [0.717, 1.165) is 30.4 Å². The minimum Gasteiger partial charge on any atom is -0.317 e. The van der Waals surface area contributed by atoms with Gasteiger partial charge in [0.15, 0.2) is 0 Å². The molecule has 1 aromatic carbocycles. The van der Waals surface area contributed by atoms with Gasteiger partial charge in [-0.05, 0) is 50.2 Å². The number of piperidine rings is 1. The SMILES string of the molecule is O=S(=O)(OC1CCNCC1)c1ccc(Br)cc1. The fourth-order valence-corrected chi connectivity index (χ4v) is 3.12. The lowest BCUT2D eigenvalue weighted by Gasteiger charge is -2.22. The van der Waals surface area contributed by atoms with E-state index in [0.29, 0.717) is 0 Å². The first kappa shape index (κ1) is 13.0. The molecule has 6 heteroatoms. The summed E-state index contributed by atoms with van der Waals surface area (Å²) < 4.78 is 30.0. The smallest absolute Gasteiger partial charge is 0.297 e. The Bertz CT molecular complexity index is 466. The predicted octanol–water partition coefficient (Wildman–Crippen LogP) is 1.91. The molecule has 4 nitrogen and oxygen atoms in total. The van der Waals surface area contributed by atoms with Crippen molar-refractivity contribution in [1.29, 1.82) is 0 Å². The molecule has 0 amide bonds. The van der Waals surface area contributed by atoms with Gasteiger partial charge in [-0.25, -0.2) is 0 Å². The normalized spacial score (nSPS) is 18.2. The van der Waals surface area contributed by atoms with Crippen molar-refractivity contribution in [1.82, 2.24) is 5.32 Å². The summed E-state index contributed by atoms with van der Waals surface area (Å²) in [6, 6.07) is 6.47. The molecule has 0 aromatic heterocycles. The Kier molecular flexibility index (Phi) is 4.19. The molecule has 0 atom stereocenters. The third-order valence-corrected chi connectivity index (χ3v) is 4.55. The maximum absolute atomic E-state index is 12.0. The Balaban J connectivity index is 2.10. The summed E-state index contributed by atoms with van der Waals surface area (Å²) in [4.78, 5) is 0.208. The maximum atomic E-state index is 12.0. The van der Waals surface area contributed by atoms with Gasteiger partial charge in [0.25, 0.3) is 10.1 Å². The molecular weight excluding hydrogens is 306 g/mol. The second-order valence-electron chi connectivity index (χ2n) is 3.95. The number of benzene rings is 1. The van der Waals surface area contributed by atoms with Gasteiger partial charge in [0, 0.05) is 4.47 Å². The quantitative estimate of drug-likeness (QED) is 0.865. The second-order valence-corrected chi connectivity index (χ2v) is 6.44. The van der Waals surface area contributed by atoms with Gasteiger partial charge < -0.3 is 5.32 Å². The molecule has 94 valence electrons. The van der Waals surface area contributed by atoms with Gasteiger partial charge in [0.05, 0.1) is 11.0 Å². The van der Waals surface area contributed by atoms with E-state index >= 15 is 0 Å². The van der Waals surface area contributed by atoms with Crippen LogP contribution in [0.1, 0.15) is 12.8 Å². The molecule has 0 spiro atoms. The summed E-state index contributed by atoms with van der Waals surface area (Å²) in [5.74, 6) is 0. The summed E-state index contributed by atoms with van der Waals surface area (Å²) in [6.45, 7) is 1.61. The van der Waals surface area contributed by atoms with Crippen LogP contribution in [-0.4, -0.2) is 27.6 Å². The monoisotopic (exact) mass is 319 g/mol. The van der Waals surface area contributed by atoms with Gasteiger partial charge in [-0.3, -0.25) is 4.18 Å². The van der Waals surface area contributed by atoms with Crippen molar-refractivity contribution < 1.29 is 12.6 Å². The van der Waals surface area contributed by atoms with E-state index in [1.165, 1.54) is 0 Å². The Morgan fingerprint density at radius 2 is 1.76 bits per heavy atom. The molecule has 0 unspecified atom stereocenters. The molecule has 1 aliphatic heterocycles. The van der Waals surface area contributed by atoms with Crippen LogP contribution >= 0.6 is 15.9 Å². The summed E-state index contributed by atoms with van der Waals surface area (Å²) in [5, 5.41) is 3.17.